The summed E-state index contributed by atoms with van der Waals surface area (Å²) in [6, 6.07) is 11.3. The molecule has 3 heterocycles. The molecule has 152 valence electrons. The van der Waals surface area contributed by atoms with Crippen molar-refractivity contribution < 1.29 is 14.4 Å². The summed E-state index contributed by atoms with van der Waals surface area (Å²) in [5, 5.41) is 0. The average Bonchev–Trinajstić information content (AvgIpc) is 3.25. The third-order valence-corrected chi connectivity index (χ3v) is 6.18. The number of nitrogens with zero attached hydrogens (tertiary/aromatic N) is 3. The highest BCUT2D eigenvalue weighted by atomic mass is 16.2. The molecule has 2 aliphatic heterocycles. The number of carbonyl (C=O) groups is 3. The number of imide groups is 1. The van der Waals surface area contributed by atoms with Crippen LogP contribution in [0.25, 0.3) is 0 Å². The summed E-state index contributed by atoms with van der Waals surface area (Å²) in [5.74, 6) is -0.164. The second kappa shape index (κ2) is 7.39. The Bertz CT molecular complexity index is 929. The SMILES string of the molecule is CCN1C(=O)N(Cc2ccccc2)C2(CCN(C(=O)c3cc[nH]c3C)CC2)C1=O. The highest BCUT2D eigenvalue weighted by Gasteiger charge is 2.57. The molecule has 1 spiro atoms. The van der Waals surface area contributed by atoms with Crippen LogP contribution in [0, 0.1) is 6.92 Å². The Balaban J connectivity index is 1.57. The molecular weight excluding hydrogens is 368 g/mol. The molecular formula is C22H26N4O3. The summed E-state index contributed by atoms with van der Waals surface area (Å²) in [7, 11) is 0. The molecule has 29 heavy (non-hydrogen) atoms. The first-order valence-electron chi connectivity index (χ1n) is 10.1. The molecule has 1 aromatic heterocycles. The minimum absolute atomic E-state index is 0.0303. The van der Waals surface area contributed by atoms with Gasteiger partial charge in [-0.25, -0.2) is 4.79 Å². The van der Waals surface area contributed by atoms with Crippen molar-refractivity contribution >= 4 is 17.8 Å². The lowest BCUT2D eigenvalue weighted by molar-refractivity contribution is -0.135. The summed E-state index contributed by atoms with van der Waals surface area (Å²) >= 11 is 0. The van der Waals surface area contributed by atoms with Crippen LogP contribution in [0.4, 0.5) is 4.79 Å². The molecule has 0 aliphatic carbocycles. The molecule has 7 heteroatoms. The molecule has 4 rings (SSSR count). The summed E-state index contributed by atoms with van der Waals surface area (Å²) in [4.78, 5) is 47.0. The van der Waals surface area contributed by atoms with E-state index in [0.29, 0.717) is 44.6 Å². The van der Waals surface area contributed by atoms with E-state index in [0.717, 1.165) is 11.3 Å². The number of carbonyl (C=O) groups excluding carboxylic acids is 3. The van der Waals surface area contributed by atoms with Crippen molar-refractivity contribution in [3.63, 3.8) is 0 Å². The Morgan fingerprint density at radius 1 is 1.10 bits per heavy atom. The van der Waals surface area contributed by atoms with Gasteiger partial charge in [-0.15, -0.1) is 0 Å². The van der Waals surface area contributed by atoms with E-state index in [9.17, 15) is 14.4 Å². The van der Waals surface area contributed by atoms with E-state index < -0.39 is 5.54 Å². The Hall–Kier alpha value is -3.09. The fourth-order valence-electron chi connectivity index (χ4n) is 4.46. The first-order chi connectivity index (χ1) is 14.0. The number of H-pyrrole nitrogens is 1. The predicted molar refractivity (Wildman–Crippen MR) is 108 cm³/mol. The molecule has 0 atom stereocenters. The monoisotopic (exact) mass is 394 g/mol. The normalized spacial score (nSPS) is 18.8. The number of hydrogen-bond acceptors (Lipinski definition) is 3. The molecule has 2 aliphatic rings. The van der Waals surface area contributed by atoms with Crippen molar-refractivity contribution in [3.8, 4) is 0 Å². The molecule has 2 saturated heterocycles. The second-order valence-corrected chi connectivity index (χ2v) is 7.74. The molecule has 0 unspecified atom stereocenters. The Morgan fingerprint density at radius 2 is 1.79 bits per heavy atom. The van der Waals surface area contributed by atoms with Gasteiger partial charge in [0.2, 0.25) is 0 Å². The van der Waals surface area contributed by atoms with Crippen molar-refractivity contribution in [2.24, 2.45) is 0 Å². The molecule has 1 N–H and O–H groups in total. The quantitative estimate of drug-likeness (QED) is 0.810. The minimum atomic E-state index is -0.868. The highest BCUT2D eigenvalue weighted by molar-refractivity contribution is 6.07. The Kier molecular flexibility index (Phi) is 4.90. The third-order valence-electron chi connectivity index (χ3n) is 6.18. The van der Waals surface area contributed by atoms with Gasteiger partial charge in [0.05, 0.1) is 5.56 Å². The zero-order valence-corrected chi connectivity index (χ0v) is 16.9. The number of likely N-dealkylation sites (tertiary alicyclic amines) is 1. The summed E-state index contributed by atoms with van der Waals surface area (Å²) in [6.45, 7) is 5.35. The maximum Gasteiger partial charge on any atom is 0.327 e. The zero-order chi connectivity index (χ0) is 20.6. The van der Waals surface area contributed by atoms with Gasteiger partial charge in [-0.3, -0.25) is 14.5 Å². The molecule has 0 radical (unpaired) electrons. The van der Waals surface area contributed by atoms with Gasteiger partial charge in [-0.05, 0) is 38.3 Å². The second-order valence-electron chi connectivity index (χ2n) is 7.74. The van der Waals surface area contributed by atoms with E-state index in [1.165, 1.54) is 4.90 Å². The zero-order valence-electron chi connectivity index (χ0n) is 16.9. The van der Waals surface area contributed by atoms with Gasteiger partial charge in [0.25, 0.3) is 11.8 Å². The van der Waals surface area contributed by atoms with Crippen LogP contribution in [-0.2, 0) is 11.3 Å². The molecule has 4 amide bonds. The molecule has 1 aromatic carbocycles. The first kappa shape index (κ1) is 19.2. The number of likely N-dealkylation sites (N-methyl/N-ethyl adjacent to an activating group) is 1. The molecule has 2 aromatic rings. The van der Waals surface area contributed by atoms with Crippen LogP contribution in [0.15, 0.2) is 42.6 Å². The number of aryl methyl sites for hydroxylation is 1. The van der Waals surface area contributed by atoms with Gasteiger partial charge in [-0.2, -0.15) is 0 Å². The van der Waals surface area contributed by atoms with Crippen molar-refractivity contribution in [2.75, 3.05) is 19.6 Å². The lowest BCUT2D eigenvalue weighted by Gasteiger charge is -2.42. The highest BCUT2D eigenvalue weighted by Crippen LogP contribution is 2.38. The maximum absolute atomic E-state index is 13.2. The van der Waals surface area contributed by atoms with Gasteiger partial charge in [0.15, 0.2) is 0 Å². The van der Waals surface area contributed by atoms with Gasteiger partial charge in [-0.1, -0.05) is 30.3 Å². The average molecular weight is 394 g/mol. The number of piperidine rings is 1. The molecule has 0 bridgehead atoms. The van der Waals surface area contributed by atoms with Crippen LogP contribution < -0.4 is 0 Å². The fourth-order valence-corrected chi connectivity index (χ4v) is 4.46. The summed E-state index contributed by atoms with van der Waals surface area (Å²) in [6.07, 6.45) is 2.67. The van der Waals surface area contributed by atoms with E-state index in [4.69, 9.17) is 0 Å². The predicted octanol–water partition coefficient (Wildman–Crippen LogP) is 2.78. The third kappa shape index (κ3) is 3.10. The van der Waals surface area contributed by atoms with E-state index in [-0.39, 0.29) is 17.8 Å². The Morgan fingerprint density at radius 3 is 2.38 bits per heavy atom. The van der Waals surface area contributed by atoms with E-state index in [1.807, 2.05) is 44.2 Å². The van der Waals surface area contributed by atoms with E-state index in [1.54, 1.807) is 22.1 Å². The number of aromatic nitrogens is 1. The first-order valence-corrected chi connectivity index (χ1v) is 10.1. The van der Waals surface area contributed by atoms with Crippen LogP contribution in [-0.4, -0.2) is 62.7 Å². The number of benzene rings is 1. The van der Waals surface area contributed by atoms with E-state index in [2.05, 4.69) is 4.98 Å². The minimum Gasteiger partial charge on any atom is -0.365 e. The van der Waals surface area contributed by atoms with E-state index >= 15 is 0 Å². The maximum atomic E-state index is 13.2. The molecule has 0 saturated carbocycles. The van der Waals surface area contributed by atoms with Crippen LogP contribution in [0.5, 0.6) is 0 Å². The number of rotatable bonds is 4. The van der Waals surface area contributed by atoms with Crippen molar-refractivity contribution in [2.45, 2.75) is 38.8 Å². The lowest BCUT2D eigenvalue weighted by Crippen LogP contribution is -2.57. The van der Waals surface area contributed by atoms with Gasteiger partial charge < -0.3 is 14.8 Å². The number of amides is 4. The molecule has 2 fully saturated rings. The topological polar surface area (TPSA) is 76.7 Å². The smallest absolute Gasteiger partial charge is 0.327 e. The number of nitrogens with one attached hydrogen (secondary N) is 1. The number of hydrogen-bond donors (Lipinski definition) is 1. The number of urea groups is 1. The molecule has 7 nitrogen and oxygen atoms in total. The largest absolute Gasteiger partial charge is 0.365 e. The van der Waals surface area contributed by atoms with Crippen LogP contribution in [0.3, 0.4) is 0 Å². The van der Waals surface area contributed by atoms with Crippen LogP contribution in [0.1, 0.15) is 41.4 Å². The van der Waals surface area contributed by atoms with Crippen molar-refractivity contribution in [3.05, 3.63) is 59.4 Å². The summed E-state index contributed by atoms with van der Waals surface area (Å²) in [5.41, 5.74) is 1.62. The lowest BCUT2D eigenvalue weighted by atomic mass is 9.85. The van der Waals surface area contributed by atoms with Gasteiger partial charge in [0.1, 0.15) is 5.54 Å². The number of aromatic amines is 1. The van der Waals surface area contributed by atoms with Crippen LogP contribution >= 0.6 is 0 Å². The Labute approximate surface area is 170 Å². The fraction of sp³-hybridized carbons (Fsp3) is 0.409. The van der Waals surface area contributed by atoms with Crippen LogP contribution in [0.2, 0.25) is 0 Å². The van der Waals surface area contributed by atoms with Gasteiger partial charge in [0, 0.05) is 38.1 Å². The standard InChI is InChI=1S/C22H26N4O3/c1-3-25-20(28)22(26(21(25)29)15-17-7-5-4-6-8-17)10-13-24(14-11-22)19(27)18-9-12-23-16(18)2/h4-9,12,23H,3,10-11,13-15H2,1-2H3. The van der Waals surface area contributed by atoms with Crippen molar-refractivity contribution in [1.29, 1.82) is 0 Å². The summed E-state index contributed by atoms with van der Waals surface area (Å²) < 4.78 is 0. The van der Waals surface area contributed by atoms with Crippen molar-refractivity contribution in [1.82, 2.24) is 19.7 Å². The van der Waals surface area contributed by atoms with Gasteiger partial charge >= 0.3 is 6.03 Å².